The summed E-state index contributed by atoms with van der Waals surface area (Å²) in [5.74, 6) is 0.899. The zero-order chi connectivity index (χ0) is 16.2. The number of rotatable bonds is 5. The van der Waals surface area contributed by atoms with Crippen molar-refractivity contribution in [2.45, 2.75) is 13.0 Å². The topological polar surface area (TPSA) is 36.0 Å². The van der Waals surface area contributed by atoms with Gasteiger partial charge in [0.1, 0.15) is 11.9 Å². The molecule has 0 spiro atoms. The average molecular weight is 338 g/mol. The molecule has 2 aliphatic heterocycles. The SMILES string of the molecule is CCN1CCN(CC(=O)N2CC(Oc3ccccc3Cl)C2)CC1. The van der Waals surface area contributed by atoms with Crippen molar-refractivity contribution in [2.24, 2.45) is 0 Å². The molecule has 0 radical (unpaired) electrons. The molecule has 6 heteroatoms. The summed E-state index contributed by atoms with van der Waals surface area (Å²) >= 11 is 6.08. The number of para-hydroxylation sites is 1. The lowest BCUT2D eigenvalue weighted by Crippen LogP contribution is -2.59. The predicted molar refractivity (Wildman–Crippen MR) is 91.0 cm³/mol. The minimum atomic E-state index is 0.0517. The number of hydrogen-bond acceptors (Lipinski definition) is 4. The Hall–Kier alpha value is -1.30. The van der Waals surface area contributed by atoms with Crippen molar-refractivity contribution >= 4 is 17.5 Å². The van der Waals surface area contributed by atoms with Crippen LogP contribution in [0.25, 0.3) is 0 Å². The number of nitrogens with zero attached hydrogens (tertiary/aromatic N) is 3. The van der Waals surface area contributed by atoms with Gasteiger partial charge in [-0.3, -0.25) is 9.69 Å². The molecule has 1 aromatic rings. The smallest absolute Gasteiger partial charge is 0.237 e. The molecular formula is C17H24ClN3O2. The molecule has 0 saturated carbocycles. The molecule has 23 heavy (non-hydrogen) atoms. The van der Waals surface area contributed by atoms with Crippen LogP contribution < -0.4 is 4.74 Å². The van der Waals surface area contributed by atoms with E-state index in [4.69, 9.17) is 16.3 Å². The van der Waals surface area contributed by atoms with E-state index in [1.54, 1.807) is 0 Å². The van der Waals surface area contributed by atoms with Crippen molar-refractivity contribution in [2.75, 3.05) is 52.4 Å². The third kappa shape index (κ3) is 4.16. The molecule has 1 amide bonds. The van der Waals surface area contributed by atoms with Gasteiger partial charge in [0.15, 0.2) is 0 Å². The normalized spacial score (nSPS) is 20.3. The third-order valence-corrected chi connectivity index (χ3v) is 4.91. The van der Waals surface area contributed by atoms with Crippen LogP contribution in [0.2, 0.25) is 5.02 Å². The Morgan fingerprint density at radius 1 is 1.17 bits per heavy atom. The second kappa shape index (κ2) is 7.51. The molecule has 0 N–H and O–H groups in total. The highest BCUT2D eigenvalue weighted by atomic mass is 35.5. The summed E-state index contributed by atoms with van der Waals surface area (Å²) in [6, 6.07) is 7.46. The number of carbonyl (C=O) groups is 1. The molecule has 2 fully saturated rings. The van der Waals surface area contributed by atoms with Crippen LogP contribution in [0.5, 0.6) is 5.75 Å². The molecule has 126 valence electrons. The highest BCUT2D eigenvalue weighted by Crippen LogP contribution is 2.26. The maximum absolute atomic E-state index is 12.3. The summed E-state index contributed by atoms with van der Waals surface area (Å²) < 4.78 is 5.83. The lowest BCUT2D eigenvalue weighted by atomic mass is 10.1. The fourth-order valence-corrected chi connectivity index (χ4v) is 3.17. The molecule has 2 heterocycles. The van der Waals surface area contributed by atoms with Crippen molar-refractivity contribution < 1.29 is 9.53 Å². The number of amides is 1. The van der Waals surface area contributed by atoms with Gasteiger partial charge in [0.05, 0.1) is 24.7 Å². The second-order valence-corrected chi connectivity index (χ2v) is 6.59. The van der Waals surface area contributed by atoms with Crippen LogP contribution in [0, 0.1) is 0 Å². The maximum atomic E-state index is 12.3. The van der Waals surface area contributed by atoms with Gasteiger partial charge < -0.3 is 14.5 Å². The zero-order valence-electron chi connectivity index (χ0n) is 13.6. The average Bonchev–Trinajstić information content (AvgIpc) is 2.52. The lowest BCUT2D eigenvalue weighted by Gasteiger charge is -2.41. The van der Waals surface area contributed by atoms with Crippen molar-refractivity contribution in [1.82, 2.24) is 14.7 Å². The van der Waals surface area contributed by atoms with Gasteiger partial charge in [0.2, 0.25) is 5.91 Å². The molecule has 0 atom stereocenters. The first kappa shape index (κ1) is 16.6. The third-order valence-electron chi connectivity index (χ3n) is 4.60. The van der Waals surface area contributed by atoms with Gasteiger partial charge in [-0.25, -0.2) is 0 Å². The van der Waals surface area contributed by atoms with Gasteiger partial charge >= 0.3 is 0 Å². The Balaban J connectivity index is 1.39. The van der Waals surface area contributed by atoms with Crippen LogP contribution in [0.4, 0.5) is 0 Å². The summed E-state index contributed by atoms with van der Waals surface area (Å²) in [4.78, 5) is 18.8. The minimum absolute atomic E-state index is 0.0517. The van der Waals surface area contributed by atoms with Gasteiger partial charge in [0, 0.05) is 26.2 Å². The van der Waals surface area contributed by atoms with Crippen LogP contribution in [0.1, 0.15) is 6.92 Å². The number of halogens is 1. The van der Waals surface area contributed by atoms with E-state index in [0.29, 0.717) is 30.4 Å². The minimum Gasteiger partial charge on any atom is -0.485 e. The van der Waals surface area contributed by atoms with E-state index < -0.39 is 0 Å². The standard InChI is InChI=1S/C17H24ClN3O2/c1-2-19-7-9-20(10-8-19)13-17(22)21-11-14(12-21)23-16-6-4-3-5-15(16)18/h3-6,14H,2,7-13H2,1H3. The van der Waals surface area contributed by atoms with Gasteiger partial charge in [0.25, 0.3) is 0 Å². The Labute approximate surface area is 142 Å². The number of piperazine rings is 1. The van der Waals surface area contributed by atoms with E-state index >= 15 is 0 Å². The molecule has 2 aliphatic rings. The first-order chi connectivity index (χ1) is 11.2. The Kier molecular flexibility index (Phi) is 5.41. The van der Waals surface area contributed by atoms with E-state index in [9.17, 15) is 4.79 Å². The number of likely N-dealkylation sites (tertiary alicyclic amines) is 1. The summed E-state index contributed by atoms with van der Waals surface area (Å²) in [6.45, 7) is 9.17. The zero-order valence-corrected chi connectivity index (χ0v) is 14.3. The number of likely N-dealkylation sites (N-methyl/N-ethyl adjacent to an activating group) is 1. The van der Waals surface area contributed by atoms with Gasteiger partial charge in [-0.1, -0.05) is 30.7 Å². The van der Waals surface area contributed by atoms with E-state index in [0.717, 1.165) is 32.7 Å². The number of ether oxygens (including phenoxy) is 1. The summed E-state index contributed by atoms with van der Waals surface area (Å²) in [7, 11) is 0. The molecule has 5 nitrogen and oxygen atoms in total. The second-order valence-electron chi connectivity index (χ2n) is 6.18. The van der Waals surface area contributed by atoms with Crippen molar-refractivity contribution in [1.29, 1.82) is 0 Å². The van der Waals surface area contributed by atoms with Crippen molar-refractivity contribution in [3.8, 4) is 5.75 Å². The Morgan fingerprint density at radius 3 is 2.48 bits per heavy atom. The fraction of sp³-hybridized carbons (Fsp3) is 0.588. The summed E-state index contributed by atoms with van der Waals surface area (Å²) in [5, 5.41) is 0.617. The van der Waals surface area contributed by atoms with Crippen molar-refractivity contribution in [3.05, 3.63) is 29.3 Å². The summed E-state index contributed by atoms with van der Waals surface area (Å²) in [6.07, 6.45) is 0.0517. The number of benzene rings is 1. The summed E-state index contributed by atoms with van der Waals surface area (Å²) in [5.41, 5.74) is 0. The van der Waals surface area contributed by atoms with Crippen molar-refractivity contribution in [3.63, 3.8) is 0 Å². The molecule has 0 bridgehead atoms. The lowest BCUT2D eigenvalue weighted by molar-refractivity contribution is -0.141. The first-order valence-corrected chi connectivity index (χ1v) is 8.67. The highest BCUT2D eigenvalue weighted by molar-refractivity contribution is 6.32. The van der Waals surface area contributed by atoms with Crippen LogP contribution >= 0.6 is 11.6 Å². The van der Waals surface area contributed by atoms with Gasteiger partial charge in [-0.2, -0.15) is 0 Å². The fourth-order valence-electron chi connectivity index (χ4n) is 2.99. The molecule has 0 aliphatic carbocycles. The van der Waals surface area contributed by atoms with Gasteiger partial charge in [-0.05, 0) is 18.7 Å². The van der Waals surface area contributed by atoms with Gasteiger partial charge in [-0.15, -0.1) is 0 Å². The molecule has 0 aromatic heterocycles. The first-order valence-electron chi connectivity index (χ1n) is 8.29. The van der Waals surface area contributed by atoms with Crippen LogP contribution in [-0.4, -0.2) is 79.1 Å². The van der Waals surface area contributed by atoms with Crippen LogP contribution in [0.15, 0.2) is 24.3 Å². The Morgan fingerprint density at radius 2 is 1.83 bits per heavy atom. The largest absolute Gasteiger partial charge is 0.485 e. The maximum Gasteiger partial charge on any atom is 0.237 e. The molecule has 3 rings (SSSR count). The van der Waals surface area contributed by atoms with E-state index in [2.05, 4.69) is 16.7 Å². The number of carbonyl (C=O) groups excluding carboxylic acids is 1. The Bertz CT molecular complexity index is 540. The molecule has 1 aromatic carbocycles. The molecule has 2 saturated heterocycles. The monoisotopic (exact) mass is 337 g/mol. The number of hydrogen-bond donors (Lipinski definition) is 0. The molecular weight excluding hydrogens is 314 g/mol. The highest BCUT2D eigenvalue weighted by Gasteiger charge is 2.33. The van der Waals surface area contributed by atoms with E-state index in [-0.39, 0.29) is 12.0 Å². The quantitative estimate of drug-likeness (QED) is 0.817. The molecule has 0 unspecified atom stereocenters. The van der Waals surface area contributed by atoms with E-state index in [1.807, 2.05) is 29.2 Å². The van der Waals surface area contributed by atoms with E-state index in [1.165, 1.54) is 0 Å². The predicted octanol–water partition coefficient (Wildman–Crippen LogP) is 1.57. The van der Waals surface area contributed by atoms with Crippen LogP contribution in [0.3, 0.4) is 0 Å². The van der Waals surface area contributed by atoms with Crippen LogP contribution in [-0.2, 0) is 4.79 Å².